The van der Waals surface area contributed by atoms with Gasteiger partial charge in [-0.1, -0.05) is 0 Å². The molecule has 0 spiro atoms. The van der Waals surface area contributed by atoms with Crippen LogP contribution in [-0.2, 0) is 0 Å². The van der Waals surface area contributed by atoms with Crippen molar-refractivity contribution in [2.75, 3.05) is 20.1 Å². The Kier molecular flexibility index (Phi) is 3.80. The maximum absolute atomic E-state index is 5.33. The molecule has 1 aliphatic heterocycles. The molecule has 1 fully saturated rings. The minimum atomic E-state index is 0.607. The van der Waals surface area contributed by atoms with E-state index in [1.807, 2.05) is 13.1 Å². The van der Waals surface area contributed by atoms with Crippen LogP contribution in [0.4, 0.5) is 0 Å². The highest BCUT2D eigenvalue weighted by atomic mass is 14.9. The highest BCUT2D eigenvalue weighted by Gasteiger charge is 2.15. The molecule has 1 rings (SSSR count). The van der Waals surface area contributed by atoms with E-state index in [2.05, 4.69) is 10.3 Å². The molecule has 0 aromatic heterocycles. The van der Waals surface area contributed by atoms with Crippen LogP contribution in [0.5, 0.6) is 0 Å². The molecule has 0 amide bonds. The third-order valence-corrected chi connectivity index (χ3v) is 2.28. The van der Waals surface area contributed by atoms with Gasteiger partial charge in [0.1, 0.15) is 0 Å². The second-order valence-corrected chi connectivity index (χ2v) is 3.03. The van der Waals surface area contributed by atoms with Crippen molar-refractivity contribution in [3.8, 4) is 0 Å². The summed E-state index contributed by atoms with van der Waals surface area (Å²) in [6.45, 7) is 2.20. The number of piperidine rings is 1. The van der Waals surface area contributed by atoms with Gasteiger partial charge in [-0.3, -0.25) is 4.99 Å². The predicted molar refractivity (Wildman–Crippen MR) is 52.3 cm³/mol. The fraction of sp³-hybridized carbons (Fsp3) is 0.667. The van der Waals surface area contributed by atoms with Crippen LogP contribution in [0.1, 0.15) is 12.8 Å². The first-order valence-electron chi connectivity index (χ1n) is 4.44. The molecule has 3 N–H and O–H groups in total. The molecule has 0 aromatic rings. The van der Waals surface area contributed by atoms with Crippen molar-refractivity contribution in [1.29, 1.82) is 0 Å². The zero-order valence-corrected chi connectivity index (χ0v) is 7.59. The van der Waals surface area contributed by atoms with Crippen molar-refractivity contribution < 1.29 is 0 Å². The van der Waals surface area contributed by atoms with E-state index < -0.39 is 0 Å². The average molecular weight is 167 g/mol. The summed E-state index contributed by atoms with van der Waals surface area (Å²) in [5, 5.41) is 3.33. The number of rotatable bonds is 2. The van der Waals surface area contributed by atoms with Crippen LogP contribution in [-0.4, -0.2) is 25.8 Å². The van der Waals surface area contributed by atoms with E-state index in [9.17, 15) is 0 Å². The summed E-state index contributed by atoms with van der Waals surface area (Å²) in [6, 6.07) is 0. The van der Waals surface area contributed by atoms with Gasteiger partial charge in [0, 0.05) is 18.7 Å². The van der Waals surface area contributed by atoms with Gasteiger partial charge in [-0.25, -0.2) is 0 Å². The highest BCUT2D eigenvalue weighted by molar-refractivity contribution is 5.96. The molecule has 0 radical (unpaired) electrons. The summed E-state index contributed by atoms with van der Waals surface area (Å²) < 4.78 is 0. The summed E-state index contributed by atoms with van der Waals surface area (Å²) in [7, 11) is 1.83. The third-order valence-electron chi connectivity index (χ3n) is 2.28. The lowest BCUT2D eigenvalue weighted by molar-refractivity contribution is 0.457. The van der Waals surface area contributed by atoms with E-state index in [-0.39, 0.29) is 0 Å². The Labute approximate surface area is 73.7 Å². The largest absolute Gasteiger partial charge is 0.405 e. The van der Waals surface area contributed by atoms with Crippen LogP contribution in [0.15, 0.2) is 17.3 Å². The van der Waals surface area contributed by atoms with Crippen molar-refractivity contribution >= 4 is 5.71 Å². The van der Waals surface area contributed by atoms with Gasteiger partial charge in [-0.15, -0.1) is 0 Å². The Morgan fingerprint density at radius 3 is 2.67 bits per heavy atom. The minimum absolute atomic E-state index is 0.607. The van der Waals surface area contributed by atoms with Crippen LogP contribution in [0.2, 0.25) is 0 Å². The van der Waals surface area contributed by atoms with Gasteiger partial charge in [0.2, 0.25) is 0 Å². The molecule has 3 heteroatoms. The summed E-state index contributed by atoms with van der Waals surface area (Å²) >= 11 is 0. The van der Waals surface area contributed by atoms with Crippen LogP contribution < -0.4 is 11.1 Å². The molecule has 1 heterocycles. The smallest absolute Gasteiger partial charge is 0.0391 e. The molecule has 0 unspecified atom stereocenters. The molecule has 68 valence electrons. The Morgan fingerprint density at radius 1 is 1.50 bits per heavy atom. The number of nitrogens with one attached hydrogen (secondary N) is 1. The molecule has 3 nitrogen and oxygen atoms in total. The number of nitrogens with zero attached hydrogens (tertiary/aromatic N) is 1. The Morgan fingerprint density at radius 2 is 2.17 bits per heavy atom. The molecule has 0 bridgehead atoms. The quantitative estimate of drug-likeness (QED) is 0.589. The predicted octanol–water partition coefficient (Wildman–Crippen LogP) is 0.529. The van der Waals surface area contributed by atoms with Crippen molar-refractivity contribution in [2.45, 2.75) is 12.8 Å². The normalized spacial score (nSPS) is 21.9. The first-order chi connectivity index (χ1) is 5.88. The van der Waals surface area contributed by atoms with Gasteiger partial charge in [0.15, 0.2) is 0 Å². The topological polar surface area (TPSA) is 50.4 Å². The van der Waals surface area contributed by atoms with E-state index in [0.717, 1.165) is 18.8 Å². The number of nitrogens with two attached hydrogens (primary N) is 1. The van der Waals surface area contributed by atoms with Gasteiger partial charge in [-0.05, 0) is 38.2 Å². The van der Waals surface area contributed by atoms with Crippen LogP contribution in [0.25, 0.3) is 0 Å². The first-order valence-corrected chi connectivity index (χ1v) is 4.44. The molecule has 0 atom stereocenters. The molecule has 12 heavy (non-hydrogen) atoms. The maximum Gasteiger partial charge on any atom is 0.0391 e. The minimum Gasteiger partial charge on any atom is -0.405 e. The van der Waals surface area contributed by atoms with E-state index in [0.29, 0.717) is 5.92 Å². The molecule has 0 saturated carbocycles. The second-order valence-electron chi connectivity index (χ2n) is 3.03. The van der Waals surface area contributed by atoms with Gasteiger partial charge in [0.05, 0.1) is 0 Å². The number of aliphatic imine (C=N–C) groups is 1. The first kappa shape index (κ1) is 9.26. The zero-order valence-electron chi connectivity index (χ0n) is 7.59. The van der Waals surface area contributed by atoms with Crippen molar-refractivity contribution in [1.82, 2.24) is 5.32 Å². The monoisotopic (exact) mass is 167 g/mol. The number of hydrogen-bond donors (Lipinski definition) is 2. The van der Waals surface area contributed by atoms with E-state index in [4.69, 9.17) is 5.73 Å². The Bertz CT molecular complexity index is 178. The van der Waals surface area contributed by atoms with Crippen LogP contribution >= 0.6 is 0 Å². The van der Waals surface area contributed by atoms with Gasteiger partial charge >= 0.3 is 0 Å². The molecular weight excluding hydrogens is 150 g/mol. The summed E-state index contributed by atoms with van der Waals surface area (Å²) in [5.41, 5.74) is 6.47. The molecule has 0 aliphatic carbocycles. The fourth-order valence-corrected chi connectivity index (χ4v) is 1.61. The van der Waals surface area contributed by atoms with Crippen molar-refractivity contribution in [3.63, 3.8) is 0 Å². The fourth-order valence-electron chi connectivity index (χ4n) is 1.61. The number of allylic oxidation sites excluding steroid dienone is 1. The Hall–Kier alpha value is -0.830. The van der Waals surface area contributed by atoms with E-state index in [1.165, 1.54) is 12.8 Å². The lowest BCUT2D eigenvalue weighted by atomic mass is 9.93. The SMILES string of the molecule is CN=C(C=CN)C1CCNCC1. The van der Waals surface area contributed by atoms with Crippen molar-refractivity contribution in [2.24, 2.45) is 16.6 Å². The number of hydrogen-bond acceptors (Lipinski definition) is 3. The summed E-state index contributed by atoms with van der Waals surface area (Å²) in [5.74, 6) is 0.607. The molecular formula is C9H17N3. The zero-order chi connectivity index (χ0) is 8.81. The molecule has 1 aliphatic rings. The average Bonchev–Trinajstić information content (AvgIpc) is 2.15. The van der Waals surface area contributed by atoms with Crippen LogP contribution in [0, 0.1) is 5.92 Å². The summed E-state index contributed by atoms with van der Waals surface area (Å²) in [6.07, 6.45) is 5.84. The molecule has 1 saturated heterocycles. The second kappa shape index (κ2) is 4.93. The van der Waals surface area contributed by atoms with E-state index >= 15 is 0 Å². The standard InChI is InChI=1S/C9H17N3/c1-11-9(2-5-10)8-3-6-12-7-4-8/h2,5,8,12H,3-4,6-7,10H2,1H3. The lowest BCUT2D eigenvalue weighted by Crippen LogP contribution is -2.31. The molecule has 0 aromatic carbocycles. The van der Waals surface area contributed by atoms with Gasteiger partial charge in [0.25, 0.3) is 0 Å². The lowest BCUT2D eigenvalue weighted by Gasteiger charge is -2.22. The van der Waals surface area contributed by atoms with Crippen LogP contribution in [0.3, 0.4) is 0 Å². The van der Waals surface area contributed by atoms with E-state index in [1.54, 1.807) is 6.20 Å². The van der Waals surface area contributed by atoms with Gasteiger partial charge < -0.3 is 11.1 Å². The van der Waals surface area contributed by atoms with Gasteiger partial charge in [-0.2, -0.15) is 0 Å². The van der Waals surface area contributed by atoms with Crippen molar-refractivity contribution in [3.05, 3.63) is 12.3 Å². The summed E-state index contributed by atoms with van der Waals surface area (Å²) in [4.78, 5) is 4.22. The Balaban J connectivity index is 2.52. The maximum atomic E-state index is 5.33. The highest BCUT2D eigenvalue weighted by Crippen LogP contribution is 2.14. The third kappa shape index (κ3) is 2.34.